The highest BCUT2D eigenvalue weighted by molar-refractivity contribution is 7.07. The van der Waals surface area contributed by atoms with Gasteiger partial charge in [-0.1, -0.05) is 11.6 Å². The van der Waals surface area contributed by atoms with Crippen LogP contribution >= 0.6 is 22.9 Å². The SMILES string of the molecule is CC(Cc1ccsc1)Nc1cc([N+](=O)[O-])cc(Cl)n1. The van der Waals surface area contributed by atoms with Crippen LogP contribution in [0.25, 0.3) is 0 Å². The van der Waals surface area contributed by atoms with Gasteiger partial charge in [-0.15, -0.1) is 0 Å². The minimum absolute atomic E-state index is 0.0646. The minimum Gasteiger partial charge on any atom is -0.367 e. The molecule has 0 saturated carbocycles. The number of aromatic nitrogens is 1. The molecule has 0 aliphatic heterocycles. The van der Waals surface area contributed by atoms with E-state index in [0.29, 0.717) is 5.82 Å². The average Bonchev–Trinajstić information content (AvgIpc) is 2.80. The zero-order valence-corrected chi connectivity index (χ0v) is 11.7. The van der Waals surface area contributed by atoms with Crippen molar-refractivity contribution in [2.45, 2.75) is 19.4 Å². The van der Waals surface area contributed by atoms with E-state index in [2.05, 4.69) is 21.7 Å². The number of nitro groups is 1. The Bertz CT molecular complexity index is 574. The molecule has 2 heterocycles. The van der Waals surface area contributed by atoms with Crippen molar-refractivity contribution in [1.29, 1.82) is 0 Å². The summed E-state index contributed by atoms with van der Waals surface area (Å²) in [6.07, 6.45) is 0.825. The molecule has 5 nitrogen and oxygen atoms in total. The molecule has 0 radical (unpaired) electrons. The lowest BCUT2D eigenvalue weighted by atomic mass is 10.1. The first-order chi connectivity index (χ1) is 9.04. The van der Waals surface area contributed by atoms with Gasteiger partial charge in [-0.2, -0.15) is 11.3 Å². The van der Waals surface area contributed by atoms with Crippen molar-refractivity contribution in [2.24, 2.45) is 0 Å². The Hall–Kier alpha value is -1.66. The van der Waals surface area contributed by atoms with Crippen LogP contribution in [0, 0.1) is 10.1 Å². The fourth-order valence-electron chi connectivity index (χ4n) is 1.73. The third kappa shape index (κ3) is 3.90. The Morgan fingerprint density at radius 2 is 2.37 bits per heavy atom. The predicted molar refractivity (Wildman–Crippen MR) is 77.0 cm³/mol. The zero-order valence-electron chi connectivity index (χ0n) is 10.2. The van der Waals surface area contributed by atoms with E-state index < -0.39 is 4.92 Å². The van der Waals surface area contributed by atoms with E-state index in [0.717, 1.165) is 6.42 Å². The first-order valence-electron chi connectivity index (χ1n) is 5.64. The van der Waals surface area contributed by atoms with Crippen LogP contribution in [-0.2, 0) is 6.42 Å². The average molecular weight is 298 g/mol. The van der Waals surface area contributed by atoms with E-state index in [1.165, 1.54) is 17.7 Å². The molecule has 0 aliphatic carbocycles. The van der Waals surface area contributed by atoms with Crippen LogP contribution < -0.4 is 5.32 Å². The number of pyridine rings is 1. The van der Waals surface area contributed by atoms with Crippen LogP contribution in [0.4, 0.5) is 11.5 Å². The van der Waals surface area contributed by atoms with Gasteiger partial charge in [0.25, 0.3) is 5.69 Å². The summed E-state index contributed by atoms with van der Waals surface area (Å²) in [4.78, 5) is 14.3. The highest BCUT2D eigenvalue weighted by Crippen LogP contribution is 2.21. The quantitative estimate of drug-likeness (QED) is 0.518. The highest BCUT2D eigenvalue weighted by atomic mass is 35.5. The van der Waals surface area contributed by atoms with Crippen molar-refractivity contribution in [3.8, 4) is 0 Å². The van der Waals surface area contributed by atoms with Crippen molar-refractivity contribution in [3.05, 3.63) is 49.8 Å². The van der Waals surface area contributed by atoms with E-state index in [4.69, 9.17) is 11.6 Å². The fourth-order valence-corrected chi connectivity index (χ4v) is 2.61. The van der Waals surface area contributed by atoms with Gasteiger partial charge in [-0.3, -0.25) is 10.1 Å². The second-order valence-electron chi connectivity index (χ2n) is 4.17. The largest absolute Gasteiger partial charge is 0.367 e. The molecule has 2 aromatic heterocycles. The maximum atomic E-state index is 10.7. The van der Waals surface area contributed by atoms with Gasteiger partial charge in [0.2, 0.25) is 0 Å². The number of nitrogens with one attached hydrogen (secondary N) is 1. The van der Waals surface area contributed by atoms with Crippen LogP contribution in [0.15, 0.2) is 29.0 Å². The first kappa shape index (κ1) is 13.8. The standard InChI is InChI=1S/C12H12ClN3O2S/c1-8(4-9-2-3-19-7-9)14-12-6-10(16(17)18)5-11(13)15-12/h2-3,5-8H,4H2,1H3,(H,14,15). The number of halogens is 1. The van der Waals surface area contributed by atoms with Crippen molar-refractivity contribution < 1.29 is 4.92 Å². The number of anilines is 1. The summed E-state index contributed by atoms with van der Waals surface area (Å²) in [5, 5.41) is 18.1. The molecular weight excluding hydrogens is 286 g/mol. The topological polar surface area (TPSA) is 68.1 Å². The summed E-state index contributed by atoms with van der Waals surface area (Å²) >= 11 is 7.41. The lowest BCUT2D eigenvalue weighted by molar-refractivity contribution is -0.384. The number of hydrogen-bond acceptors (Lipinski definition) is 5. The lowest BCUT2D eigenvalue weighted by Crippen LogP contribution is -2.18. The van der Waals surface area contributed by atoms with Gasteiger partial charge in [-0.05, 0) is 35.7 Å². The van der Waals surface area contributed by atoms with Gasteiger partial charge >= 0.3 is 0 Å². The normalized spacial score (nSPS) is 12.1. The van der Waals surface area contributed by atoms with E-state index in [-0.39, 0.29) is 16.9 Å². The monoisotopic (exact) mass is 297 g/mol. The second-order valence-corrected chi connectivity index (χ2v) is 5.34. The molecule has 100 valence electrons. The van der Waals surface area contributed by atoms with Gasteiger partial charge in [0, 0.05) is 6.04 Å². The number of rotatable bonds is 5. The summed E-state index contributed by atoms with van der Waals surface area (Å²) in [6.45, 7) is 1.99. The molecule has 1 atom stereocenters. The first-order valence-corrected chi connectivity index (χ1v) is 6.96. The molecule has 0 aromatic carbocycles. The van der Waals surface area contributed by atoms with Gasteiger partial charge < -0.3 is 5.32 Å². The van der Waals surface area contributed by atoms with E-state index in [1.54, 1.807) is 11.3 Å². The molecule has 19 heavy (non-hydrogen) atoms. The summed E-state index contributed by atoms with van der Waals surface area (Å²) in [6, 6.07) is 4.78. The Morgan fingerprint density at radius 1 is 1.58 bits per heavy atom. The van der Waals surface area contributed by atoms with Crippen LogP contribution in [0.5, 0.6) is 0 Å². The summed E-state index contributed by atoms with van der Waals surface area (Å²) < 4.78 is 0. The van der Waals surface area contributed by atoms with Crippen LogP contribution in [0.1, 0.15) is 12.5 Å². The summed E-state index contributed by atoms with van der Waals surface area (Å²) in [7, 11) is 0. The maximum Gasteiger partial charge on any atom is 0.276 e. The minimum atomic E-state index is -0.484. The van der Waals surface area contributed by atoms with Gasteiger partial charge in [0.15, 0.2) is 0 Å². The molecule has 1 N–H and O–H groups in total. The molecule has 0 amide bonds. The Morgan fingerprint density at radius 3 is 3.00 bits per heavy atom. The van der Waals surface area contributed by atoms with Crippen LogP contribution in [0.2, 0.25) is 5.15 Å². The maximum absolute atomic E-state index is 10.7. The smallest absolute Gasteiger partial charge is 0.276 e. The van der Waals surface area contributed by atoms with Gasteiger partial charge in [-0.25, -0.2) is 4.98 Å². The summed E-state index contributed by atoms with van der Waals surface area (Å²) in [5.41, 5.74) is 1.16. The molecule has 2 aromatic rings. The van der Waals surface area contributed by atoms with Gasteiger partial charge in [0.1, 0.15) is 11.0 Å². The molecule has 0 bridgehead atoms. The van der Waals surface area contributed by atoms with Crippen LogP contribution in [0.3, 0.4) is 0 Å². The fraction of sp³-hybridized carbons (Fsp3) is 0.250. The highest BCUT2D eigenvalue weighted by Gasteiger charge is 2.12. The van der Waals surface area contributed by atoms with Crippen molar-refractivity contribution in [3.63, 3.8) is 0 Å². The molecular formula is C12H12ClN3O2S. The molecule has 0 aliphatic rings. The predicted octanol–water partition coefficient (Wildman–Crippen LogP) is 3.75. The third-order valence-electron chi connectivity index (χ3n) is 2.51. The summed E-state index contributed by atoms with van der Waals surface area (Å²) in [5.74, 6) is 0.418. The van der Waals surface area contributed by atoms with Crippen molar-refractivity contribution >= 4 is 34.4 Å². The second kappa shape index (κ2) is 5.99. The Kier molecular flexibility index (Phi) is 4.34. The van der Waals surface area contributed by atoms with E-state index in [1.807, 2.05) is 12.3 Å². The zero-order chi connectivity index (χ0) is 13.8. The lowest BCUT2D eigenvalue weighted by Gasteiger charge is -2.13. The molecule has 7 heteroatoms. The molecule has 0 spiro atoms. The molecule has 0 fully saturated rings. The van der Waals surface area contributed by atoms with E-state index in [9.17, 15) is 10.1 Å². The van der Waals surface area contributed by atoms with Crippen molar-refractivity contribution in [1.82, 2.24) is 4.98 Å². The molecule has 2 rings (SSSR count). The molecule has 1 unspecified atom stereocenters. The van der Waals surface area contributed by atoms with Crippen LogP contribution in [-0.4, -0.2) is 15.9 Å². The number of nitrogens with zero attached hydrogens (tertiary/aromatic N) is 2. The third-order valence-corrected chi connectivity index (χ3v) is 3.43. The Balaban J connectivity index is 2.08. The molecule has 0 saturated heterocycles. The van der Waals surface area contributed by atoms with Crippen molar-refractivity contribution in [2.75, 3.05) is 5.32 Å². The number of hydrogen-bond donors (Lipinski definition) is 1. The van der Waals surface area contributed by atoms with E-state index >= 15 is 0 Å². The Labute approximate surface area is 119 Å². The number of thiophene rings is 1. The van der Waals surface area contributed by atoms with Gasteiger partial charge in [0.05, 0.1) is 17.1 Å².